The Morgan fingerprint density at radius 3 is 1.50 bits per heavy atom. The van der Waals surface area contributed by atoms with E-state index >= 15 is 0 Å². The number of hydrogen-bond acceptors (Lipinski definition) is 1. The SMILES string of the molecule is CCCNc1ccc(CCc2ccc(-c3ccc(CC)cc3)cc2)cc1. The largest absolute Gasteiger partial charge is 0.385 e. The molecule has 0 saturated carbocycles. The van der Waals surface area contributed by atoms with Crippen LogP contribution in [0.25, 0.3) is 11.1 Å². The summed E-state index contributed by atoms with van der Waals surface area (Å²) in [7, 11) is 0. The van der Waals surface area contributed by atoms with Crippen LogP contribution in [0.4, 0.5) is 5.69 Å². The first-order valence-corrected chi connectivity index (χ1v) is 9.79. The Morgan fingerprint density at radius 2 is 1.04 bits per heavy atom. The second-order valence-electron chi connectivity index (χ2n) is 6.87. The van der Waals surface area contributed by atoms with E-state index in [0.29, 0.717) is 0 Å². The molecule has 134 valence electrons. The van der Waals surface area contributed by atoms with Gasteiger partial charge < -0.3 is 5.32 Å². The van der Waals surface area contributed by atoms with Gasteiger partial charge in [0.2, 0.25) is 0 Å². The molecule has 3 aromatic carbocycles. The topological polar surface area (TPSA) is 12.0 Å². The zero-order chi connectivity index (χ0) is 18.2. The molecule has 0 heterocycles. The summed E-state index contributed by atoms with van der Waals surface area (Å²) in [5.74, 6) is 0. The number of nitrogens with one attached hydrogen (secondary N) is 1. The number of hydrogen-bond donors (Lipinski definition) is 1. The molecule has 1 heteroatoms. The molecule has 0 aliphatic heterocycles. The molecule has 0 aromatic heterocycles. The van der Waals surface area contributed by atoms with Crippen molar-refractivity contribution in [3.8, 4) is 11.1 Å². The van der Waals surface area contributed by atoms with Crippen LogP contribution in [0.2, 0.25) is 0 Å². The van der Waals surface area contributed by atoms with E-state index in [9.17, 15) is 0 Å². The summed E-state index contributed by atoms with van der Waals surface area (Å²) in [6.07, 6.45) is 4.41. The zero-order valence-corrected chi connectivity index (χ0v) is 16.0. The predicted octanol–water partition coefficient (Wildman–Crippen LogP) is 6.52. The maximum absolute atomic E-state index is 3.42. The lowest BCUT2D eigenvalue weighted by Gasteiger charge is -2.08. The van der Waals surface area contributed by atoms with Crippen molar-refractivity contribution < 1.29 is 0 Å². The van der Waals surface area contributed by atoms with Gasteiger partial charge in [-0.3, -0.25) is 0 Å². The summed E-state index contributed by atoms with van der Waals surface area (Å²) in [6.45, 7) is 5.42. The molecule has 3 rings (SSSR count). The van der Waals surface area contributed by atoms with Crippen LogP contribution < -0.4 is 5.32 Å². The van der Waals surface area contributed by atoms with Crippen molar-refractivity contribution in [2.45, 2.75) is 39.5 Å². The van der Waals surface area contributed by atoms with E-state index in [2.05, 4.69) is 92.0 Å². The molecule has 0 aliphatic rings. The third kappa shape index (κ3) is 4.98. The molecule has 0 aliphatic carbocycles. The van der Waals surface area contributed by atoms with Gasteiger partial charge in [-0.2, -0.15) is 0 Å². The van der Waals surface area contributed by atoms with E-state index in [1.807, 2.05) is 0 Å². The van der Waals surface area contributed by atoms with Crippen molar-refractivity contribution in [3.05, 3.63) is 89.5 Å². The molecule has 0 bridgehead atoms. The molecule has 0 amide bonds. The third-order valence-electron chi connectivity index (χ3n) is 4.88. The average Bonchev–Trinajstić information content (AvgIpc) is 2.72. The highest BCUT2D eigenvalue weighted by Crippen LogP contribution is 2.21. The smallest absolute Gasteiger partial charge is 0.0340 e. The number of benzene rings is 3. The van der Waals surface area contributed by atoms with Crippen molar-refractivity contribution in [2.75, 3.05) is 11.9 Å². The molecule has 1 nitrogen and oxygen atoms in total. The van der Waals surface area contributed by atoms with E-state index in [0.717, 1.165) is 32.2 Å². The summed E-state index contributed by atoms with van der Waals surface area (Å²) < 4.78 is 0. The summed E-state index contributed by atoms with van der Waals surface area (Å²) in [5.41, 5.74) is 7.99. The first-order valence-electron chi connectivity index (χ1n) is 9.79. The van der Waals surface area contributed by atoms with Crippen LogP contribution in [0.1, 0.15) is 37.0 Å². The minimum atomic E-state index is 1.03. The minimum absolute atomic E-state index is 1.03. The van der Waals surface area contributed by atoms with Crippen LogP contribution in [0.15, 0.2) is 72.8 Å². The van der Waals surface area contributed by atoms with Gasteiger partial charge in [-0.1, -0.05) is 74.5 Å². The Hall–Kier alpha value is -2.54. The van der Waals surface area contributed by atoms with Gasteiger partial charge in [0.1, 0.15) is 0 Å². The molecule has 3 aromatic rings. The van der Waals surface area contributed by atoms with E-state index in [1.165, 1.54) is 33.5 Å². The summed E-state index contributed by atoms with van der Waals surface area (Å²) >= 11 is 0. The van der Waals surface area contributed by atoms with Crippen molar-refractivity contribution in [1.82, 2.24) is 0 Å². The molecule has 0 fully saturated rings. The molecular weight excluding hydrogens is 314 g/mol. The van der Waals surface area contributed by atoms with E-state index in [4.69, 9.17) is 0 Å². The normalized spacial score (nSPS) is 10.7. The quantitative estimate of drug-likeness (QED) is 0.491. The maximum Gasteiger partial charge on any atom is 0.0340 e. The van der Waals surface area contributed by atoms with Gasteiger partial charge in [-0.15, -0.1) is 0 Å². The van der Waals surface area contributed by atoms with Gasteiger partial charge in [0.25, 0.3) is 0 Å². The minimum Gasteiger partial charge on any atom is -0.385 e. The molecule has 0 atom stereocenters. The van der Waals surface area contributed by atoms with Crippen molar-refractivity contribution >= 4 is 5.69 Å². The van der Waals surface area contributed by atoms with Gasteiger partial charge in [0, 0.05) is 12.2 Å². The molecule has 1 N–H and O–H groups in total. The fraction of sp³-hybridized carbons (Fsp3) is 0.280. The third-order valence-corrected chi connectivity index (χ3v) is 4.88. The molecule has 0 saturated heterocycles. The lowest BCUT2D eigenvalue weighted by Crippen LogP contribution is -1.99. The highest BCUT2D eigenvalue weighted by molar-refractivity contribution is 5.64. The second-order valence-corrected chi connectivity index (χ2v) is 6.87. The Morgan fingerprint density at radius 1 is 0.577 bits per heavy atom. The van der Waals surface area contributed by atoms with Crippen molar-refractivity contribution in [1.29, 1.82) is 0 Å². The maximum atomic E-state index is 3.42. The molecule has 26 heavy (non-hydrogen) atoms. The molecular formula is C25H29N. The van der Waals surface area contributed by atoms with Crippen LogP contribution in [-0.4, -0.2) is 6.54 Å². The van der Waals surface area contributed by atoms with E-state index < -0.39 is 0 Å². The number of rotatable bonds is 8. The van der Waals surface area contributed by atoms with Crippen molar-refractivity contribution in [2.24, 2.45) is 0 Å². The van der Waals surface area contributed by atoms with Crippen molar-refractivity contribution in [3.63, 3.8) is 0 Å². The fourth-order valence-corrected chi connectivity index (χ4v) is 3.14. The van der Waals surface area contributed by atoms with Crippen LogP contribution in [0, 0.1) is 0 Å². The van der Waals surface area contributed by atoms with Gasteiger partial charge in [0.05, 0.1) is 0 Å². The lowest BCUT2D eigenvalue weighted by atomic mass is 9.99. The molecule has 0 radical (unpaired) electrons. The van der Waals surface area contributed by atoms with E-state index in [1.54, 1.807) is 0 Å². The monoisotopic (exact) mass is 343 g/mol. The lowest BCUT2D eigenvalue weighted by molar-refractivity contribution is 0.957. The first kappa shape index (κ1) is 18.3. The highest BCUT2D eigenvalue weighted by Gasteiger charge is 2.00. The standard InChI is InChI=1S/C25H29N/c1-3-19-26-25-17-11-22(12-18-25)6-5-21-9-15-24(16-10-21)23-13-7-20(4-2)8-14-23/h7-18,26H,3-6,19H2,1-2H3. The number of anilines is 1. The van der Waals surface area contributed by atoms with Crippen LogP contribution in [-0.2, 0) is 19.3 Å². The Kier molecular flexibility index (Phi) is 6.49. The first-order chi connectivity index (χ1) is 12.8. The summed E-state index contributed by atoms with van der Waals surface area (Å²) in [6, 6.07) is 26.8. The summed E-state index contributed by atoms with van der Waals surface area (Å²) in [5, 5.41) is 3.42. The second kappa shape index (κ2) is 9.24. The van der Waals surface area contributed by atoms with Gasteiger partial charge in [-0.05, 0) is 65.6 Å². The van der Waals surface area contributed by atoms with Gasteiger partial charge >= 0.3 is 0 Å². The van der Waals surface area contributed by atoms with Crippen LogP contribution in [0.3, 0.4) is 0 Å². The Balaban J connectivity index is 1.57. The predicted molar refractivity (Wildman–Crippen MR) is 114 cm³/mol. The van der Waals surface area contributed by atoms with Gasteiger partial charge in [-0.25, -0.2) is 0 Å². The molecule has 0 unspecified atom stereocenters. The Bertz CT molecular complexity index is 783. The zero-order valence-electron chi connectivity index (χ0n) is 16.0. The van der Waals surface area contributed by atoms with Crippen LogP contribution in [0.5, 0.6) is 0 Å². The van der Waals surface area contributed by atoms with Gasteiger partial charge in [0.15, 0.2) is 0 Å². The van der Waals surface area contributed by atoms with E-state index in [-0.39, 0.29) is 0 Å². The van der Waals surface area contributed by atoms with Crippen LogP contribution >= 0.6 is 0 Å². The highest BCUT2D eigenvalue weighted by atomic mass is 14.9. The fourth-order valence-electron chi connectivity index (χ4n) is 3.14. The average molecular weight is 344 g/mol. The number of aryl methyl sites for hydroxylation is 3. The summed E-state index contributed by atoms with van der Waals surface area (Å²) in [4.78, 5) is 0. The molecule has 0 spiro atoms. The Labute approximate surface area is 158 Å².